The van der Waals surface area contributed by atoms with Crippen LogP contribution in [-0.2, 0) is 16.8 Å². The van der Waals surface area contributed by atoms with E-state index < -0.39 is 5.54 Å². The summed E-state index contributed by atoms with van der Waals surface area (Å²) in [6, 6.07) is 15.9. The quantitative estimate of drug-likeness (QED) is 0.502. The fraction of sp³-hybridized carbons (Fsp3) is 0.379. The van der Waals surface area contributed by atoms with E-state index in [-0.39, 0.29) is 17.9 Å². The number of hydrogen-bond acceptors (Lipinski definition) is 5. The number of fused-ring (bicyclic) bond motifs is 4. The number of amides is 2. The van der Waals surface area contributed by atoms with Crippen LogP contribution in [0.25, 0.3) is 10.4 Å². The van der Waals surface area contributed by atoms with Crippen molar-refractivity contribution in [1.29, 1.82) is 0 Å². The van der Waals surface area contributed by atoms with Gasteiger partial charge in [0, 0.05) is 16.5 Å². The van der Waals surface area contributed by atoms with E-state index in [0.29, 0.717) is 43.1 Å². The number of hydrogen-bond donors (Lipinski definition) is 2. The highest BCUT2D eigenvalue weighted by molar-refractivity contribution is 7.14. The molecule has 7 heteroatoms. The SMILES string of the molecule is O=C1NC(CCc2ccccc2)(C(=O)NC2CCCCC2)c2cc3c(cc2-c2sccc21)OCCO3. The van der Waals surface area contributed by atoms with Crippen LogP contribution >= 0.6 is 11.3 Å². The van der Waals surface area contributed by atoms with Gasteiger partial charge in [-0.05, 0) is 60.4 Å². The summed E-state index contributed by atoms with van der Waals surface area (Å²) < 4.78 is 11.8. The van der Waals surface area contributed by atoms with Gasteiger partial charge in [-0.3, -0.25) is 9.59 Å². The first kappa shape index (κ1) is 23.1. The maximum Gasteiger partial charge on any atom is 0.253 e. The second-order valence-electron chi connectivity index (χ2n) is 9.86. The van der Waals surface area contributed by atoms with Gasteiger partial charge in [0.1, 0.15) is 18.8 Å². The maximum absolute atomic E-state index is 14.3. The maximum atomic E-state index is 14.3. The number of carbonyl (C=O) groups is 2. The molecular weight excluding hydrogens is 472 g/mol. The van der Waals surface area contributed by atoms with Gasteiger partial charge in [-0.25, -0.2) is 0 Å². The molecule has 2 N–H and O–H groups in total. The molecule has 186 valence electrons. The Balaban J connectivity index is 1.50. The van der Waals surface area contributed by atoms with E-state index in [1.165, 1.54) is 17.8 Å². The van der Waals surface area contributed by atoms with Crippen LogP contribution < -0.4 is 20.1 Å². The van der Waals surface area contributed by atoms with Crippen molar-refractivity contribution in [3.8, 4) is 21.9 Å². The molecule has 1 atom stereocenters. The van der Waals surface area contributed by atoms with Crippen LogP contribution in [0, 0.1) is 0 Å². The van der Waals surface area contributed by atoms with Crippen LogP contribution in [0.1, 0.15) is 60.0 Å². The summed E-state index contributed by atoms with van der Waals surface area (Å²) in [7, 11) is 0. The van der Waals surface area contributed by atoms with Crippen molar-refractivity contribution in [2.45, 2.75) is 56.5 Å². The molecule has 0 bridgehead atoms. The standard InChI is InChI=1S/C29H30N2O4S/c32-27-21-12-16-36-26(21)22-17-24-25(35-15-14-34-24)18-23(22)29(31-27,13-11-19-7-3-1-4-8-19)28(33)30-20-9-5-2-6-10-20/h1,3-4,7-8,12,16-18,20H,2,5-6,9-11,13-15H2,(H,30,33)(H,31,32). The van der Waals surface area contributed by atoms with Gasteiger partial charge in [0.2, 0.25) is 0 Å². The Kier molecular flexibility index (Phi) is 6.17. The molecule has 2 amide bonds. The number of benzene rings is 2. The van der Waals surface area contributed by atoms with Crippen LogP contribution in [-0.4, -0.2) is 31.1 Å². The van der Waals surface area contributed by atoms with Crippen LogP contribution in [0.15, 0.2) is 53.9 Å². The molecule has 0 radical (unpaired) electrons. The molecule has 0 spiro atoms. The number of thiophene rings is 1. The molecule has 6 nitrogen and oxygen atoms in total. The normalized spacial score (nSPS) is 21.1. The molecule has 1 aliphatic carbocycles. The van der Waals surface area contributed by atoms with Gasteiger partial charge in [-0.1, -0.05) is 49.6 Å². The molecule has 1 saturated carbocycles. The summed E-state index contributed by atoms with van der Waals surface area (Å²) >= 11 is 1.51. The van der Waals surface area contributed by atoms with E-state index in [0.717, 1.165) is 47.3 Å². The smallest absolute Gasteiger partial charge is 0.253 e. The first-order valence-corrected chi connectivity index (χ1v) is 13.7. The van der Waals surface area contributed by atoms with Gasteiger partial charge in [0.15, 0.2) is 11.5 Å². The largest absolute Gasteiger partial charge is 0.486 e. The Morgan fingerprint density at radius 1 is 1.00 bits per heavy atom. The molecule has 36 heavy (non-hydrogen) atoms. The van der Waals surface area contributed by atoms with Crippen molar-refractivity contribution in [2.75, 3.05) is 13.2 Å². The number of carbonyl (C=O) groups excluding carboxylic acids is 2. The average molecular weight is 503 g/mol. The average Bonchev–Trinajstić information content (AvgIpc) is 3.38. The van der Waals surface area contributed by atoms with Crippen LogP contribution in [0.3, 0.4) is 0 Å². The summed E-state index contributed by atoms with van der Waals surface area (Å²) in [6.45, 7) is 0.926. The summed E-state index contributed by atoms with van der Waals surface area (Å²) in [4.78, 5) is 28.8. The lowest BCUT2D eigenvalue weighted by atomic mass is 9.80. The Morgan fingerprint density at radius 2 is 1.75 bits per heavy atom. The third-order valence-corrected chi connectivity index (χ3v) is 8.53. The molecular formula is C29H30N2O4S. The Bertz CT molecular complexity index is 1280. The molecule has 1 aromatic heterocycles. The molecule has 6 rings (SSSR count). The minimum atomic E-state index is -1.24. The van der Waals surface area contributed by atoms with E-state index >= 15 is 0 Å². The van der Waals surface area contributed by atoms with Gasteiger partial charge in [0.05, 0.1) is 5.56 Å². The van der Waals surface area contributed by atoms with Crippen molar-refractivity contribution in [2.24, 2.45) is 0 Å². The van der Waals surface area contributed by atoms with E-state index in [9.17, 15) is 9.59 Å². The molecule has 3 aromatic rings. The molecule has 2 aliphatic heterocycles. The van der Waals surface area contributed by atoms with Gasteiger partial charge in [-0.2, -0.15) is 0 Å². The van der Waals surface area contributed by atoms with E-state index in [1.54, 1.807) is 0 Å². The molecule has 0 saturated heterocycles. The predicted molar refractivity (Wildman–Crippen MR) is 140 cm³/mol. The summed E-state index contributed by atoms with van der Waals surface area (Å²) in [6.07, 6.45) is 6.44. The fourth-order valence-corrected chi connectivity index (χ4v) is 6.60. The zero-order valence-electron chi connectivity index (χ0n) is 20.2. The van der Waals surface area contributed by atoms with Gasteiger partial charge < -0.3 is 20.1 Å². The van der Waals surface area contributed by atoms with Crippen LogP contribution in [0.2, 0.25) is 0 Å². The molecule has 3 aliphatic rings. The molecule has 2 aromatic carbocycles. The lowest BCUT2D eigenvalue weighted by molar-refractivity contribution is -0.129. The Morgan fingerprint density at radius 3 is 2.53 bits per heavy atom. The van der Waals surface area contributed by atoms with E-state index in [4.69, 9.17) is 9.47 Å². The zero-order chi connectivity index (χ0) is 24.5. The second-order valence-corrected chi connectivity index (χ2v) is 10.8. The lowest BCUT2D eigenvalue weighted by Gasteiger charge is -2.37. The van der Waals surface area contributed by atoms with Gasteiger partial charge in [-0.15, -0.1) is 11.3 Å². The first-order valence-electron chi connectivity index (χ1n) is 12.8. The molecule has 3 heterocycles. The second kappa shape index (κ2) is 9.62. The minimum Gasteiger partial charge on any atom is -0.486 e. The van der Waals surface area contributed by atoms with Crippen molar-refractivity contribution in [3.63, 3.8) is 0 Å². The fourth-order valence-electron chi connectivity index (χ4n) is 5.68. The van der Waals surface area contributed by atoms with Crippen molar-refractivity contribution >= 4 is 23.2 Å². The zero-order valence-corrected chi connectivity index (χ0v) is 21.0. The summed E-state index contributed by atoms with van der Waals surface area (Å²) in [5.74, 6) is 0.892. The van der Waals surface area contributed by atoms with E-state index in [2.05, 4.69) is 22.8 Å². The third kappa shape index (κ3) is 4.15. The number of nitrogens with one attached hydrogen (secondary N) is 2. The predicted octanol–water partition coefficient (Wildman–Crippen LogP) is 5.21. The highest BCUT2D eigenvalue weighted by Crippen LogP contribution is 2.47. The summed E-state index contributed by atoms with van der Waals surface area (Å²) in [5, 5.41) is 8.47. The highest BCUT2D eigenvalue weighted by Gasteiger charge is 2.47. The Hall–Kier alpha value is -3.32. The first-order chi connectivity index (χ1) is 17.6. The minimum absolute atomic E-state index is 0.120. The summed E-state index contributed by atoms with van der Waals surface area (Å²) in [5.41, 5.74) is 2.09. The number of aryl methyl sites for hydroxylation is 1. The number of rotatable bonds is 5. The number of ether oxygens (including phenoxy) is 2. The van der Waals surface area contributed by atoms with Gasteiger partial charge >= 0.3 is 0 Å². The molecule has 1 unspecified atom stereocenters. The highest BCUT2D eigenvalue weighted by atomic mass is 32.1. The van der Waals surface area contributed by atoms with Crippen molar-refractivity contribution in [3.05, 3.63) is 70.6 Å². The topological polar surface area (TPSA) is 76.7 Å². The van der Waals surface area contributed by atoms with Crippen molar-refractivity contribution < 1.29 is 19.1 Å². The van der Waals surface area contributed by atoms with Crippen LogP contribution in [0.5, 0.6) is 11.5 Å². The Labute approximate surface area is 215 Å². The lowest BCUT2D eigenvalue weighted by Crippen LogP contribution is -2.58. The van der Waals surface area contributed by atoms with Gasteiger partial charge in [0.25, 0.3) is 11.8 Å². The van der Waals surface area contributed by atoms with Crippen LogP contribution in [0.4, 0.5) is 0 Å². The molecule has 1 fully saturated rings. The third-order valence-electron chi connectivity index (χ3n) is 7.58. The van der Waals surface area contributed by atoms with Crippen molar-refractivity contribution in [1.82, 2.24) is 10.6 Å². The van der Waals surface area contributed by atoms with E-state index in [1.807, 2.05) is 41.8 Å². The monoisotopic (exact) mass is 502 g/mol.